The first-order chi connectivity index (χ1) is 15.9. The second-order valence-corrected chi connectivity index (χ2v) is 7.85. The van der Waals surface area contributed by atoms with Crippen LogP contribution in [-0.4, -0.2) is 9.97 Å². The minimum atomic E-state index is 0.978. The zero-order valence-electron chi connectivity index (χ0n) is 17.4. The van der Waals surface area contributed by atoms with E-state index in [4.69, 9.17) is 9.97 Å². The summed E-state index contributed by atoms with van der Waals surface area (Å²) in [6.07, 6.45) is 3.73. The standard InChI is InChI=1S/C30H20N2/c1-2-10-21(11-3-1)22-16-17-25-26(20-22)30(28-15-7-9-19-32-28)24-13-5-4-12-23(24)29(25)27-14-6-8-18-31-27/h1-20H. The van der Waals surface area contributed by atoms with Gasteiger partial charge in [-0.15, -0.1) is 0 Å². The molecule has 0 saturated carbocycles. The summed E-state index contributed by atoms with van der Waals surface area (Å²) in [6.45, 7) is 0. The predicted molar refractivity (Wildman–Crippen MR) is 133 cm³/mol. The van der Waals surface area contributed by atoms with E-state index in [1.165, 1.54) is 32.7 Å². The maximum absolute atomic E-state index is 4.74. The topological polar surface area (TPSA) is 25.8 Å². The zero-order valence-corrected chi connectivity index (χ0v) is 17.4. The maximum Gasteiger partial charge on any atom is 0.0714 e. The van der Waals surface area contributed by atoms with E-state index in [0.717, 1.165) is 22.5 Å². The zero-order chi connectivity index (χ0) is 21.3. The van der Waals surface area contributed by atoms with E-state index in [1.54, 1.807) is 0 Å². The summed E-state index contributed by atoms with van der Waals surface area (Å²) in [6, 6.07) is 38.1. The average molecular weight is 409 g/mol. The molecule has 2 aromatic heterocycles. The van der Waals surface area contributed by atoms with Crippen LogP contribution in [0.4, 0.5) is 0 Å². The van der Waals surface area contributed by atoms with Gasteiger partial charge in [0.05, 0.1) is 11.4 Å². The van der Waals surface area contributed by atoms with Crippen LogP contribution in [0.2, 0.25) is 0 Å². The molecule has 2 heteroatoms. The van der Waals surface area contributed by atoms with Crippen LogP contribution in [-0.2, 0) is 0 Å². The predicted octanol–water partition coefficient (Wildman–Crippen LogP) is 7.78. The molecule has 32 heavy (non-hydrogen) atoms. The molecule has 6 rings (SSSR count). The lowest BCUT2D eigenvalue weighted by Crippen LogP contribution is -1.93. The molecule has 0 aliphatic carbocycles. The lowest BCUT2D eigenvalue weighted by Gasteiger charge is -2.17. The number of pyridine rings is 2. The van der Waals surface area contributed by atoms with Gasteiger partial charge < -0.3 is 0 Å². The summed E-state index contributed by atoms with van der Waals surface area (Å²) >= 11 is 0. The van der Waals surface area contributed by atoms with Crippen LogP contribution < -0.4 is 0 Å². The molecule has 0 fully saturated rings. The molecule has 0 N–H and O–H groups in total. The molecule has 150 valence electrons. The summed E-state index contributed by atoms with van der Waals surface area (Å²) < 4.78 is 0. The molecule has 0 radical (unpaired) electrons. The molecular formula is C30H20N2. The van der Waals surface area contributed by atoms with Gasteiger partial charge in [0.1, 0.15) is 0 Å². The van der Waals surface area contributed by atoms with E-state index in [9.17, 15) is 0 Å². The first kappa shape index (κ1) is 18.5. The molecule has 2 heterocycles. The van der Waals surface area contributed by atoms with Crippen molar-refractivity contribution >= 4 is 21.5 Å². The van der Waals surface area contributed by atoms with Gasteiger partial charge in [-0.05, 0) is 63.0 Å². The minimum absolute atomic E-state index is 0.978. The van der Waals surface area contributed by atoms with Gasteiger partial charge in [0.15, 0.2) is 0 Å². The second-order valence-electron chi connectivity index (χ2n) is 7.85. The van der Waals surface area contributed by atoms with Crippen LogP contribution >= 0.6 is 0 Å². The van der Waals surface area contributed by atoms with E-state index < -0.39 is 0 Å². The van der Waals surface area contributed by atoms with Crippen molar-refractivity contribution in [2.75, 3.05) is 0 Å². The van der Waals surface area contributed by atoms with Gasteiger partial charge in [0.2, 0.25) is 0 Å². The van der Waals surface area contributed by atoms with Gasteiger partial charge in [-0.2, -0.15) is 0 Å². The number of hydrogen-bond donors (Lipinski definition) is 0. The van der Waals surface area contributed by atoms with E-state index in [1.807, 2.05) is 30.6 Å². The fourth-order valence-corrected chi connectivity index (χ4v) is 4.56. The summed E-state index contributed by atoms with van der Waals surface area (Å²) in [5.74, 6) is 0. The Morgan fingerprint density at radius 1 is 0.375 bits per heavy atom. The molecule has 0 amide bonds. The molecular weight excluding hydrogens is 388 g/mol. The molecule has 0 bridgehead atoms. The summed E-state index contributed by atoms with van der Waals surface area (Å²) in [4.78, 5) is 9.46. The van der Waals surface area contributed by atoms with Gasteiger partial charge in [0, 0.05) is 23.5 Å². The molecule has 0 aliphatic heterocycles. The van der Waals surface area contributed by atoms with Crippen LogP contribution in [0, 0.1) is 0 Å². The largest absolute Gasteiger partial charge is 0.256 e. The Morgan fingerprint density at radius 2 is 0.906 bits per heavy atom. The summed E-state index contributed by atoms with van der Waals surface area (Å²) in [5, 5.41) is 4.74. The highest BCUT2D eigenvalue weighted by molar-refractivity contribution is 6.21. The molecule has 2 nitrogen and oxygen atoms in total. The molecule has 0 aliphatic rings. The number of benzene rings is 4. The highest BCUT2D eigenvalue weighted by atomic mass is 14.7. The van der Waals surface area contributed by atoms with E-state index >= 15 is 0 Å². The van der Waals surface area contributed by atoms with E-state index in [2.05, 4.69) is 91.0 Å². The molecule has 6 aromatic rings. The highest BCUT2D eigenvalue weighted by Gasteiger charge is 2.18. The molecule has 0 atom stereocenters. The van der Waals surface area contributed by atoms with Crippen molar-refractivity contribution in [2.24, 2.45) is 0 Å². The molecule has 0 saturated heterocycles. The Morgan fingerprint density at radius 3 is 1.50 bits per heavy atom. The van der Waals surface area contributed by atoms with Crippen LogP contribution in [0.3, 0.4) is 0 Å². The van der Waals surface area contributed by atoms with Crippen molar-refractivity contribution < 1.29 is 0 Å². The Kier molecular flexibility index (Phi) is 4.47. The van der Waals surface area contributed by atoms with Crippen molar-refractivity contribution in [2.45, 2.75) is 0 Å². The smallest absolute Gasteiger partial charge is 0.0714 e. The number of fused-ring (bicyclic) bond motifs is 2. The van der Waals surface area contributed by atoms with Crippen molar-refractivity contribution in [3.05, 3.63) is 122 Å². The van der Waals surface area contributed by atoms with Gasteiger partial charge in [-0.1, -0.05) is 78.9 Å². The van der Waals surface area contributed by atoms with Crippen molar-refractivity contribution in [3.63, 3.8) is 0 Å². The van der Waals surface area contributed by atoms with Gasteiger partial charge in [-0.25, -0.2) is 0 Å². The lowest BCUT2D eigenvalue weighted by molar-refractivity contribution is 1.33. The van der Waals surface area contributed by atoms with Crippen LogP contribution in [0.5, 0.6) is 0 Å². The van der Waals surface area contributed by atoms with Crippen molar-refractivity contribution in [1.82, 2.24) is 9.97 Å². The third kappa shape index (κ3) is 3.05. The van der Waals surface area contributed by atoms with Crippen molar-refractivity contribution in [3.8, 4) is 33.6 Å². The van der Waals surface area contributed by atoms with Gasteiger partial charge in [0.25, 0.3) is 0 Å². The summed E-state index contributed by atoms with van der Waals surface area (Å²) in [5.41, 5.74) is 6.68. The second kappa shape index (κ2) is 7.75. The van der Waals surface area contributed by atoms with Crippen LogP contribution in [0.25, 0.3) is 55.2 Å². The monoisotopic (exact) mass is 408 g/mol. The Balaban J connectivity index is 1.80. The lowest BCUT2D eigenvalue weighted by atomic mass is 9.87. The fourth-order valence-electron chi connectivity index (χ4n) is 4.56. The number of hydrogen-bond acceptors (Lipinski definition) is 2. The quantitative estimate of drug-likeness (QED) is 0.279. The molecule has 0 unspecified atom stereocenters. The van der Waals surface area contributed by atoms with Crippen LogP contribution in [0.15, 0.2) is 122 Å². The first-order valence-corrected chi connectivity index (χ1v) is 10.8. The summed E-state index contributed by atoms with van der Waals surface area (Å²) in [7, 11) is 0. The van der Waals surface area contributed by atoms with Crippen LogP contribution in [0.1, 0.15) is 0 Å². The molecule has 4 aromatic carbocycles. The van der Waals surface area contributed by atoms with E-state index in [0.29, 0.717) is 0 Å². The number of nitrogens with zero attached hydrogens (tertiary/aromatic N) is 2. The highest BCUT2D eigenvalue weighted by Crippen LogP contribution is 2.43. The van der Waals surface area contributed by atoms with E-state index in [-0.39, 0.29) is 0 Å². The average Bonchev–Trinajstić information content (AvgIpc) is 2.88. The fraction of sp³-hybridized carbons (Fsp3) is 0. The minimum Gasteiger partial charge on any atom is -0.256 e. The van der Waals surface area contributed by atoms with Crippen molar-refractivity contribution in [1.29, 1.82) is 0 Å². The Labute approximate surface area is 186 Å². The van der Waals surface area contributed by atoms with Gasteiger partial charge >= 0.3 is 0 Å². The third-order valence-corrected chi connectivity index (χ3v) is 5.97. The normalized spacial score (nSPS) is 11.1. The maximum atomic E-state index is 4.74. The number of rotatable bonds is 3. The Hall–Kier alpha value is -4.30. The Bertz CT molecular complexity index is 1540. The molecule has 0 spiro atoms. The SMILES string of the molecule is c1ccc(-c2ccc3c(-c4ccccn4)c4ccccc4c(-c4ccccn4)c3c2)cc1. The number of aromatic nitrogens is 2. The third-order valence-electron chi connectivity index (χ3n) is 5.97. The first-order valence-electron chi connectivity index (χ1n) is 10.8. The van der Waals surface area contributed by atoms with Gasteiger partial charge in [-0.3, -0.25) is 9.97 Å².